The average molecular weight is 280 g/mol. The summed E-state index contributed by atoms with van der Waals surface area (Å²) >= 11 is 0. The van der Waals surface area contributed by atoms with Gasteiger partial charge in [-0.05, 0) is 30.3 Å². The number of hydrogen-bond acceptors (Lipinski definition) is 3. The molecule has 20 heavy (non-hydrogen) atoms. The molecule has 0 spiro atoms. The lowest BCUT2D eigenvalue weighted by molar-refractivity contribution is 0.203. The van der Waals surface area contributed by atoms with Crippen molar-refractivity contribution in [3.8, 4) is 11.5 Å². The molecule has 0 aliphatic carbocycles. The van der Waals surface area contributed by atoms with E-state index in [1.54, 1.807) is 12.1 Å². The summed E-state index contributed by atoms with van der Waals surface area (Å²) in [6.45, 7) is 0. The molecule has 0 saturated heterocycles. The molecule has 0 fully saturated rings. The Labute approximate surface area is 115 Å². The van der Waals surface area contributed by atoms with E-state index in [1.165, 1.54) is 26.4 Å². The van der Waals surface area contributed by atoms with Crippen LogP contribution >= 0.6 is 0 Å². The quantitative estimate of drug-likeness (QED) is 0.935. The third-order valence-electron chi connectivity index (χ3n) is 3.00. The molecule has 0 aliphatic rings. The maximum Gasteiger partial charge on any atom is 0.132 e. The fraction of sp³-hybridized carbons (Fsp3) is 0.200. The second-order valence-electron chi connectivity index (χ2n) is 4.15. The summed E-state index contributed by atoms with van der Waals surface area (Å²) in [5, 5.41) is 10.3. The van der Waals surface area contributed by atoms with Crippen molar-refractivity contribution in [3.05, 3.63) is 59.2 Å². The van der Waals surface area contributed by atoms with Crippen LogP contribution in [0.2, 0.25) is 0 Å². The van der Waals surface area contributed by atoms with Crippen LogP contribution in [0.15, 0.2) is 36.4 Å². The average Bonchev–Trinajstić information content (AvgIpc) is 2.46. The van der Waals surface area contributed by atoms with Crippen molar-refractivity contribution in [3.63, 3.8) is 0 Å². The second-order valence-corrected chi connectivity index (χ2v) is 4.15. The first-order chi connectivity index (χ1) is 9.58. The maximum absolute atomic E-state index is 13.7. The van der Waals surface area contributed by atoms with E-state index in [0.29, 0.717) is 11.5 Å². The molecule has 0 amide bonds. The number of benzene rings is 2. The highest BCUT2D eigenvalue weighted by atomic mass is 19.1. The molecule has 106 valence electrons. The van der Waals surface area contributed by atoms with Gasteiger partial charge in [-0.15, -0.1) is 0 Å². The van der Waals surface area contributed by atoms with E-state index in [4.69, 9.17) is 9.47 Å². The van der Waals surface area contributed by atoms with E-state index in [2.05, 4.69) is 0 Å². The molecule has 1 unspecified atom stereocenters. The minimum absolute atomic E-state index is 0.232. The van der Waals surface area contributed by atoms with Crippen LogP contribution in [0, 0.1) is 11.6 Å². The molecule has 0 aromatic heterocycles. The number of aliphatic hydroxyl groups is 1. The monoisotopic (exact) mass is 280 g/mol. The van der Waals surface area contributed by atoms with Gasteiger partial charge in [0.25, 0.3) is 0 Å². The molecule has 0 heterocycles. The van der Waals surface area contributed by atoms with E-state index in [0.717, 1.165) is 12.1 Å². The smallest absolute Gasteiger partial charge is 0.132 e. The molecule has 0 saturated carbocycles. The van der Waals surface area contributed by atoms with Crippen molar-refractivity contribution in [2.45, 2.75) is 6.10 Å². The Bertz CT molecular complexity index is 594. The van der Waals surface area contributed by atoms with Crippen molar-refractivity contribution < 1.29 is 23.4 Å². The molecule has 2 rings (SSSR count). The Kier molecular flexibility index (Phi) is 4.20. The van der Waals surface area contributed by atoms with E-state index in [9.17, 15) is 13.9 Å². The Morgan fingerprint density at radius 1 is 1.00 bits per heavy atom. The highest BCUT2D eigenvalue weighted by molar-refractivity contribution is 5.45. The Hall–Kier alpha value is -2.14. The van der Waals surface area contributed by atoms with E-state index >= 15 is 0 Å². The Morgan fingerprint density at radius 3 is 2.20 bits per heavy atom. The standard InChI is InChI=1S/C15H14F2O3/c1-19-9-6-7-13(20-2)10(8-9)15(18)14-11(16)4-3-5-12(14)17/h3-8,15,18H,1-2H3. The molecule has 2 aromatic carbocycles. The molecule has 2 aromatic rings. The molecular formula is C15H14F2O3. The van der Waals surface area contributed by atoms with Gasteiger partial charge in [0.15, 0.2) is 0 Å². The Morgan fingerprint density at radius 2 is 1.65 bits per heavy atom. The second kappa shape index (κ2) is 5.88. The summed E-state index contributed by atoms with van der Waals surface area (Å²) in [6.07, 6.45) is -1.48. The van der Waals surface area contributed by atoms with E-state index < -0.39 is 23.3 Å². The van der Waals surface area contributed by atoms with Gasteiger partial charge in [0.1, 0.15) is 29.2 Å². The van der Waals surface area contributed by atoms with Gasteiger partial charge in [0.2, 0.25) is 0 Å². The lowest BCUT2D eigenvalue weighted by Crippen LogP contribution is -2.07. The van der Waals surface area contributed by atoms with Crippen LogP contribution in [0.3, 0.4) is 0 Å². The minimum Gasteiger partial charge on any atom is -0.497 e. The summed E-state index contributed by atoms with van der Waals surface area (Å²) < 4.78 is 37.6. The van der Waals surface area contributed by atoms with Crippen molar-refractivity contribution in [2.24, 2.45) is 0 Å². The van der Waals surface area contributed by atoms with Crippen molar-refractivity contribution in [1.82, 2.24) is 0 Å². The van der Waals surface area contributed by atoms with Crippen LogP contribution in [-0.4, -0.2) is 19.3 Å². The van der Waals surface area contributed by atoms with Gasteiger partial charge in [-0.25, -0.2) is 8.78 Å². The first kappa shape index (κ1) is 14.3. The third kappa shape index (κ3) is 2.58. The fourth-order valence-corrected chi connectivity index (χ4v) is 1.98. The molecule has 0 radical (unpaired) electrons. The van der Waals surface area contributed by atoms with Gasteiger partial charge in [-0.1, -0.05) is 6.07 Å². The van der Waals surface area contributed by atoms with Crippen LogP contribution < -0.4 is 9.47 Å². The predicted octanol–water partition coefficient (Wildman–Crippen LogP) is 3.06. The molecule has 1 N–H and O–H groups in total. The molecule has 3 nitrogen and oxygen atoms in total. The largest absolute Gasteiger partial charge is 0.497 e. The van der Waals surface area contributed by atoms with Gasteiger partial charge >= 0.3 is 0 Å². The zero-order valence-electron chi connectivity index (χ0n) is 11.1. The van der Waals surface area contributed by atoms with E-state index in [1.807, 2.05) is 0 Å². The van der Waals surface area contributed by atoms with Gasteiger partial charge < -0.3 is 14.6 Å². The lowest BCUT2D eigenvalue weighted by atomic mass is 9.99. The molecule has 1 atom stereocenters. The summed E-state index contributed by atoms with van der Waals surface area (Å²) in [7, 11) is 2.87. The normalized spacial score (nSPS) is 12.1. The lowest BCUT2D eigenvalue weighted by Gasteiger charge is -2.17. The number of aliphatic hydroxyl groups excluding tert-OH is 1. The molecule has 5 heteroatoms. The summed E-state index contributed by atoms with van der Waals surface area (Å²) in [6, 6.07) is 8.10. The number of ether oxygens (including phenoxy) is 2. The topological polar surface area (TPSA) is 38.7 Å². The molecule has 0 bridgehead atoms. The van der Waals surface area contributed by atoms with Crippen LogP contribution in [0.25, 0.3) is 0 Å². The fourth-order valence-electron chi connectivity index (χ4n) is 1.98. The highest BCUT2D eigenvalue weighted by Crippen LogP contribution is 2.34. The number of methoxy groups -OCH3 is 2. The van der Waals surface area contributed by atoms with Crippen LogP contribution in [0.4, 0.5) is 8.78 Å². The van der Waals surface area contributed by atoms with Gasteiger partial charge in [-0.2, -0.15) is 0 Å². The summed E-state index contributed by atoms with van der Waals surface area (Å²) in [4.78, 5) is 0. The number of hydrogen-bond donors (Lipinski definition) is 1. The van der Waals surface area contributed by atoms with Crippen molar-refractivity contribution >= 4 is 0 Å². The zero-order chi connectivity index (χ0) is 14.7. The van der Waals surface area contributed by atoms with Gasteiger partial charge in [0, 0.05) is 5.56 Å². The van der Waals surface area contributed by atoms with Gasteiger partial charge in [0.05, 0.1) is 19.8 Å². The number of halogens is 2. The third-order valence-corrected chi connectivity index (χ3v) is 3.00. The first-order valence-corrected chi connectivity index (χ1v) is 5.92. The summed E-state index contributed by atoms with van der Waals surface area (Å²) in [5.41, 5.74) is -0.185. The highest BCUT2D eigenvalue weighted by Gasteiger charge is 2.23. The van der Waals surface area contributed by atoms with Crippen LogP contribution in [-0.2, 0) is 0 Å². The predicted molar refractivity (Wildman–Crippen MR) is 70.0 cm³/mol. The minimum atomic E-state index is -1.48. The Balaban J connectivity index is 2.55. The SMILES string of the molecule is COc1ccc(OC)c(C(O)c2c(F)cccc2F)c1. The molecular weight excluding hydrogens is 266 g/mol. The molecule has 0 aliphatic heterocycles. The maximum atomic E-state index is 13.7. The van der Waals surface area contributed by atoms with Gasteiger partial charge in [-0.3, -0.25) is 0 Å². The van der Waals surface area contributed by atoms with E-state index in [-0.39, 0.29) is 5.56 Å². The van der Waals surface area contributed by atoms with Crippen molar-refractivity contribution in [1.29, 1.82) is 0 Å². The van der Waals surface area contributed by atoms with Crippen molar-refractivity contribution in [2.75, 3.05) is 14.2 Å². The first-order valence-electron chi connectivity index (χ1n) is 5.92. The zero-order valence-corrected chi connectivity index (χ0v) is 11.1. The van der Waals surface area contributed by atoms with Crippen LogP contribution in [0.5, 0.6) is 11.5 Å². The van der Waals surface area contributed by atoms with Crippen LogP contribution in [0.1, 0.15) is 17.2 Å². The summed E-state index contributed by atoms with van der Waals surface area (Å²) in [5.74, 6) is -0.859. The number of rotatable bonds is 4.